The summed E-state index contributed by atoms with van der Waals surface area (Å²) in [6.45, 7) is 1.88. The summed E-state index contributed by atoms with van der Waals surface area (Å²) in [5.74, 6) is 0.303. The smallest absolute Gasteiger partial charge is 0.224 e. The Labute approximate surface area is 98.7 Å². The molecule has 1 aromatic heterocycles. The van der Waals surface area contributed by atoms with Crippen LogP contribution in [0.25, 0.3) is 0 Å². The van der Waals surface area contributed by atoms with Gasteiger partial charge >= 0.3 is 0 Å². The second-order valence-corrected chi connectivity index (χ2v) is 5.16. The molecule has 4 nitrogen and oxygen atoms in total. The molecular weight excluding hydrogens is 222 g/mol. The molecule has 3 heterocycles. The van der Waals surface area contributed by atoms with Gasteiger partial charge in [-0.15, -0.1) is 11.3 Å². The molecule has 2 aliphatic rings. The predicted molar refractivity (Wildman–Crippen MR) is 62.3 cm³/mol. The zero-order valence-electron chi connectivity index (χ0n) is 9.06. The van der Waals surface area contributed by atoms with E-state index >= 15 is 0 Å². The van der Waals surface area contributed by atoms with Crippen LogP contribution in [0.4, 0.5) is 0 Å². The minimum Gasteiger partial charge on any atom is -0.338 e. The molecule has 16 heavy (non-hydrogen) atoms. The van der Waals surface area contributed by atoms with E-state index in [9.17, 15) is 4.79 Å². The van der Waals surface area contributed by atoms with E-state index in [1.807, 2.05) is 10.4 Å². The molecule has 0 unspecified atom stereocenters. The van der Waals surface area contributed by atoms with Crippen LogP contribution >= 0.6 is 11.3 Å². The van der Waals surface area contributed by atoms with Crippen molar-refractivity contribution in [2.45, 2.75) is 31.3 Å². The van der Waals surface area contributed by atoms with E-state index in [4.69, 9.17) is 0 Å². The van der Waals surface area contributed by atoms with Crippen molar-refractivity contribution in [3.05, 3.63) is 16.6 Å². The lowest BCUT2D eigenvalue weighted by molar-refractivity contribution is -0.129. The molecule has 0 bridgehead atoms. The molecule has 1 amide bonds. The predicted octanol–water partition coefficient (Wildman–Crippen LogP) is 0.648. The minimum atomic E-state index is 0.303. The number of thiazole rings is 1. The normalized spacial score (nSPS) is 28.8. The van der Waals surface area contributed by atoms with Crippen molar-refractivity contribution in [3.63, 3.8) is 0 Å². The molecule has 3 rings (SSSR count). The standard InChI is InChI=1S/C11H15N3OS/c15-11-5-9-10(1-3-12-9)14(11)4-2-8-6-16-7-13-8/h6-7,9-10,12H,1-5H2/t9-,10-/m1/s1. The van der Waals surface area contributed by atoms with Crippen LogP contribution in [0.2, 0.25) is 0 Å². The lowest BCUT2D eigenvalue weighted by atomic mass is 10.1. The third-order valence-corrected chi connectivity index (χ3v) is 4.15. The molecule has 2 saturated heterocycles. The van der Waals surface area contributed by atoms with Crippen LogP contribution in [0.15, 0.2) is 10.9 Å². The van der Waals surface area contributed by atoms with Crippen molar-refractivity contribution in [2.75, 3.05) is 13.1 Å². The first-order valence-corrected chi connectivity index (χ1v) is 6.69. The summed E-state index contributed by atoms with van der Waals surface area (Å²) in [5.41, 5.74) is 2.95. The summed E-state index contributed by atoms with van der Waals surface area (Å²) in [6.07, 6.45) is 2.67. The van der Waals surface area contributed by atoms with E-state index in [0.29, 0.717) is 24.4 Å². The van der Waals surface area contributed by atoms with Crippen LogP contribution in [0.1, 0.15) is 18.5 Å². The van der Waals surface area contributed by atoms with Crippen LogP contribution in [-0.4, -0.2) is 41.0 Å². The molecule has 1 aromatic rings. The Morgan fingerprint density at radius 2 is 2.56 bits per heavy atom. The number of carbonyl (C=O) groups is 1. The van der Waals surface area contributed by atoms with Crippen LogP contribution in [-0.2, 0) is 11.2 Å². The molecule has 2 aliphatic heterocycles. The average molecular weight is 237 g/mol. The fourth-order valence-corrected chi connectivity index (χ4v) is 3.30. The van der Waals surface area contributed by atoms with Gasteiger partial charge in [0.2, 0.25) is 5.91 Å². The first kappa shape index (κ1) is 10.2. The topological polar surface area (TPSA) is 45.2 Å². The lowest BCUT2D eigenvalue weighted by Crippen LogP contribution is -2.37. The number of nitrogens with one attached hydrogen (secondary N) is 1. The maximum absolute atomic E-state index is 11.8. The number of hydrogen-bond donors (Lipinski definition) is 1. The Morgan fingerprint density at radius 1 is 1.62 bits per heavy atom. The number of amides is 1. The number of likely N-dealkylation sites (tertiary alicyclic amines) is 1. The summed E-state index contributed by atoms with van der Waals surface area (Å²) >= 11 is 1.62. The van der Waals surface area contributed by atoms with E-state index in [1.54, 1.807) is 11.3 Å². The Kier molecular flexibility index (Phi) is 2.65. The van der Waals surface area contributed by atoms with Crippen molar-refractivity contribution in [3.8, 4) is 0 Å². The van der Waals surface area contributed by atoms with Crippen molar-refractivity contribution in [1.29, 1.82) is 0 Å². The first-order chi connectivity index (χ1) is 7.84. The van der Waals surface area contributed by atoms with E-state index in [-0.39, 0.29) is 0 Å². The van der Waals surface area contributed by atoms with Crippen LogP contribution in [0, 0.1) is 0 Å². The highest BCUT2D eigenvalue weighted by Crippen LogP contribution is 2.26. The molecule has 86 valence electrons. The van der Waals surface area contributed by atoms with Gasteiger partial charge < -0.3 is 10.2 Å². The van der Waals surface area contributed by atoms with Gasteiger partial charge in [0.15, 0.2) is 0 Å². The van der Waals surface area contributed by atoms with Crippen molar-refractivity contribution in [1.82, 2.24) is 15.2 Å². The third-order valence-electron chi connectivity index (χ3n) is 3.52. The van der Waals surface area contributed by atoms with E-state index in [1.165, 1.54) is 0 Å². The number of fused-ring (bicyclic) bond motifs is 1. The molecule has 0 spiro atoms. The van der Waals surface area contributed by atoms with E-state index in [0.717, 1.165) is 31.6 Å². The van der Waals surface area contributed by atoms with Crippen molar-refractivity contribution >= 4 is 17.2 Å². The van der Waals surface area contributed by atoms with Gasteiger partial charge in [0.05, 0.1) is 11.2 Å². The second-order valence-electron chi connectivity index (χ2n) is 4.44. The van der Waals surface area contributed by atoms with Crippen molar-refractivity contribution in [2.24, 2.45) is 0 Å². The van der Waals surface area contributed by atoms with Crippen LogP contribution in [0.5, 0.6) is 0 Å². The Bertz CT molecular complexity index is 379. The highest BCUT2D eigenvalue weighted by Gasteiger charge is 2.41. The van der Waals surface area contributed by atoms with Gasteiger partial charge in [0.25, 0.3) is 0 Å². The molecule has 0 radical (unpaired) electrons. The van der Waals surface area contributed by atoms with Gasteiger partial charge in [-0.25, -0.2) is 4.98 Å². The Balaban J connectivity index is 1.63. The quantitative estimate of drug-likeness (QED) is 0.839. The van der Waals surface area contributed by atoms with E-state index in [2.05, 4.69) is 15.7 Å². The number of nitrogens with zero attached hydrogens (tertiary/aromatic N) is 2. The highest BCUT2D eigenvalue weighted by atomic mass is 32.1. The Morgan fingerprint density at radius 3 is 3.38 bits per heavy atom. The van der Waals surface area contributed by atoms with Crippen molar-refractivity contribution < 1.29 is 4.79 Å². The van der Waals surface area contributed by atoms with Gasteiger partial charge in [0, 0.05) is 36.9 Å². The van der Waals surface area contributed by atoms with Crippen LogP contribution in [0.3, 0.4) is 0 Å². The molecule has 1 N–H and O–H groups in total. The number of aromatic nitrogens is 1. The van der Waals surface area contributed by atoms with E-state index < -0.39 is 0 Å². The molecule has 0 aliphatic carbocycles. The summed E-state index contributed by atoms with van der Waals surface area (Å²) in [5, 5.41) is 5.46. The highest BCUT2D eigenvalue weighted by molar-refractivity contribution is 7.07. The lowest BCUT2D eigenvalue weighted by Gasteiger charge is -2.22. The largest absolute Gasteiger partial charge is 0.338 e. The van der Waals surface area contributed by atoms with Crippen LogP contribution < -0.4 is 5.32 Å². The maximum atomic E-state index is 11.8. The third kappa shape index (κ3) is 1.74. The molecular formula is C11H15N3OS. The summed E-state index contributed by atoms with van der Waals surface area (Å²) in [7, 11) is 0. The molecule has 2 fully saturated rings. The summed E-state index contributed by atoms with van der Waals surface area (Å²) in [4.78, 5) is 18.1. The first-order valence-electron chi connectivity index (χ1n) is 5.74. The number of hydrogen-bond acceptors (Lipinski definition) is 4. The molecule has 5 heteroatoms. The summed E-state index contributed by atoms with van der Waals surface area (Å²) < 4.78 is 0. The van der Waals surface area contributed by atoms with Gasteiger partial charge in [0.1, 0.15) is 0 Å². The number of carbonyl (C=O) groups excluding carboxylic acids is 1. The van der Waals surface area contributed by atoms with Gasteiger partial charge in [-0.05, 0) is 13.0 Å². The van der Waals surface area contributed by atoms with Gasteiger partial charge in [-0.2, -0.15) is 0 Å². The summed E-state index contributed by atoms with van der Waals surface area (Å²) in [6, 6.07) is 0.842. The zero-order chi connectivity index (χ0) is 11.0. The fraction of sp³-hybridized carbons (Fsp3) is 0.636. The monoisotopic (exact) mass is 237 g/mol. The molecule has 2 atom stereocenters. The molecule has 0 aromatic carbocycles. The minimum absolute atomic E-state index is 0.303. The van der Waals surface area contributed by atoms with Gasteiger partial charge in [-0.1, -0.05) is 0 Å². The second kappa shape index (κ2) is 4.14. The SMILES string of the molecule is O=C1C[C@H]2NCC[C@H]2N1CCc1cscn1. The van der Waals surface area contributed by atoms with Gasteiger partial charge in [-0.3, -0.25) is 4.79 Å². The number of rotatable bonds is 3. The average Bonchev–Trinajstić information content (AvgIpc) is 2.92. The Hall–Kier alpha value is -0.940. The zero-order valence-corrected chi connectivity index (χ0v) is 9.87. The maximum Gasteiger partial charge on any atom is 0.224 e. The molecule has 0 saturated carbocycles. The fourth-order valence-electron chi connectivity index (χ4n) is 2.71.